The van der Waals surface area contributed by atoms with Crippen LogP contribution in [0.25, 0.3) is 0 Å². The molecule has 0 bridgehead atoms. The maximum Gasteiger partial charge on any atom is 0.181 e. The lowest BCUT2D eigenvalue weighted by atomic mass is 9.96. The minimum Gasteiger partial charge on any atom is -0.378 e. The number of Topliss-reactive ketones (excluding diaryl/α,β-unsaturated/α-hetero) is 1. The van der Waals surface area contributed by atoms with Crippen LogP contribution in [0, 0.1) is 0 Å². The molecule has 31 heavy (non-hydrogen) atoms. The Bertz CT molecular complexity index is 1110. The van der Waals surface area contributed by atoms with Crippen LogP contribution in [0.15, 0.2) is 72.0 Å². The third-order valence-electron chi connectivity index (χ3n) is 5.52. The Kier molecular flexibility index (Phi) is 5.41. The molecule has 1 aromatic heterocycles. The van der Waals surface area contributed by atoms with Gasteiger partial charge in [0.15, 0.2) is 11.9 Å². The van der Waals surface area contributed by atoms with Crippen molar-refractivity contribution >= 4 is 23.1 Å². The van der Waals surface area contributed by atoms with Gasteiger partial charge in [-0.25, -0.2) is 9.97 Å². The number of anilines is 2. The van der Waals surface area contributed by atoms with Crippen molar-refractivity contribution in [3.8, 4) is 0 Å². The molecule has 2 aliphatic heterocycles. The SMILES string of the molecule is O=C1Cc2ccccc2C(c2ccccc2)=NC1Nc1cc(N2CCOCC2)ncn1. The molecule has 5 rings (SSSR count). The molecule has 0 radical (unpaired) electrons. The van der Waals surface area contributed by atoms with E-state index in [4.69, 9.17) is 9.73 Å². The van der Waals surface area contributed by atoms with E-state index in [1.807, 2.05) is 60.7 Å². The standard InChI is InChI=1S/C24H23N5O2/c30-20-14-18-8-4-5-9-19(18)23(17-6-2-1-3-7-17)28-24(20)27-21-15-22(26-16-25-21)29-10-12-31-13-11-29/h1-9,15-16,24H,10-14H2,(H,25,26,27). The molecule has 1 N–H and O–H groups in total. The van der Waals surface area contributed by atoms with Gasteiger partial charge in [-0.1, -0.05) is 54.6 Å². The lowest BCUT2D eigenvalue weighted by Gasteiger charge is -2.28. The molecule has 7 nitrogen and oxygen atoms in total. The van der Waals surface area contributed by atoms with Crippen LogP contribution < -0.4 is 10.2 Å². The van der Waals surface area contributed by atoms with Crippen molar-refractivity contribution in [1.82, 2.24) is 9.97 Å². The Morgan fingerprint density at radius 2 is 1.74 bits per heavy atom. The highest BCUT2D eigenvalue weighted by molar-refractivity contribution is 6.16. The number of carbonyl (C=O) groups is 1. The number of morpholine rings is 1. The topological polar surface area (TPSA) is 79.7 Å². The molecular formula is C24H23N5O2. The summed E-state index contributed by atoms with van der Waals surface area (Å²) >= 11 is 0. The van der Waals surface area contributed by atoms with Gasteiger partial charge < -0.3 is 15.0 Å². The maximum atomic E-state index is 13.1. The van der Waals surface area contributed by atoms with E-state index in [-0.39, 0.29) is 5.78 Å². The molecule has 0 aliphatic carbocycles. The first-order valence-corrected chi connectivity index (χ1v) is 10.4. The molecule has 0 amide bonds. The third-order valence-corrected chi connectivity index (χ3v) is 5.52. The largest absolute Gasteiger partial charge is 0.378 e. The number of ether oxygens (including phenoxy) is 1. The summed E-state index contributed by atoms with van der Waals surface area (Å²) in [5, 5.41) is 3.24. The summed E-state index contributed by atoms with van der Waals surface area (Å²) in [5.41, 5.74) is 3.76. The number of carbonyl (C=O) groups excluding carboxylic acids is 1. The molecule has 7 heteroatoms. The zero-order valence-corrected chi connectivity index (χ0v) is 17.1. The van der Waals surface area contributed by atoms with E-state index >= 15 is 0 Å². The van der Waals surface area contributed by atoms with Gasteiger partial charge in [0.05, 0.1) is 18.9 Å². The van der Waals surface area contributed by atoms with Crippen molar-refractivity contribution in [2.45, 2.75) is 12.6 Å². The van der Waals surface area contributed by atoms with Crippen LogP contribution in [0.2, 0.25) is 0 Å². The average Bonchev–Trinajstić information content (AvgIpc) is 2.97. The van der Waals surface area contributed by atoms with Crippen LogP contribution in [-0.4, -0.2) is 53.9 Å². The number of hydrogen-bond acceptors (Lipinski definition) is 7. The zero-order chi connectivity index (χ0) is 21.0. The summed E-state index contributed by atoms with van der Waals surface area (Å²) in [6, 6.07) is 19.8. The van der Waals surface area contributed by atoms with Gasteiger partial charge in [0.25, 0.3) is 0 Å². The molecule has 3 aromatic rings. The Hall–Kier alpha value is -3.58. The molecule has 3 heterocycles. The van der Waals surface area contributed by atoms with Crippen molar-refractivity contribution in [3.05, 3.63) is 83.7 Å². The molecule has 1 unspecified atom stereocenters. The van der Waals surface area contributed by atoms with E-state index < -0.39 is 6.17 Å². The number of aliphatic imine (C=N–C) groups is 1. The molecule has 1 saturated heterocycles. The summed E-state index contributed by atoms with van der Waals surface area (Å²) in [6.45, 7) is 2.92. The van der Waals surface area contributed by atoms with Gasteiger partial charge in [0.1, 0.15) is 18.0 Å². The highest BCUT2D eigenvalue weighted by Gasteiger charge is 2.26. The third kappa shape index (κ3) is 4.18. The summed E-state index contributed by atoms with van der Waals surface area (Å²) in [7, 11) is 0. The quantitative estimate of drug-likeness (QED) is 0.709. The van der Waals surface area contributed by atoms with Crippen molar-refractivity contribution in [3.63, 3.8) is 0 Å². The first-order chi connectivity index (χ1) is 15.3. The molecule has 2 aliphatic rings. The van der Waals surface area contributed by atoms with Crippen molar-refractivity contribution < 1.29 is 9.53 Å². The van der Waals surface area contributed by atoms with Gasteiger partial charge in [-0.3, -0.25) is 9.79 Å². The average molecular weight is 413 g/mol. The number of benzene rings is 2. The van der Waals surface area contributed by atoms with Crippen LogP contribution in [0.5, 0.6) is 0 Å². The fraction of sp³-hybridized carbons (Fsp3) is 0.250. The number of fused-ring (bicyclic) bond motifs is 1. The van der Waals surface area contributed by atoms with E-state index in [0.29, 0.717) is 25.5 Å². The molecule has 0 spiro atoms. The maximum absolute atomic E-state index is 13.1. The molecule has 0 saturated carbocycles. The highest BCUT2D eigenvalue weighted by atomic mass is 16.5. The minimum atomic E-state index is -0.727. The van der Waals surface area contributed by atoms with Gasteiger partial charge in [0, 0.05) is 36.7 Å². The first kappa shape index (κ1) is 19.4. The first-order valence-electron chi connectivity index (χ1n) is 10.4. The molecular weight excluding hydrogens is 390 g/mol. The van der Waals surface area contributed by atoms with E-state index in [0.717, 1.165) is 41.3 Å². The van der Waals surface area contributed by atoms with Crippen molar-refractivity contribution in [2.24, 2.45) is 4.99 Å². The van der Waals surface area contributed by atoms with Crippen LogP contribution in [0.1, 0.15) is 16.7 Å². The number of hydrogen-bond donors (Lipinski definition) is 1. The second-order valence-corrected chi connectivity index (χ2v) is 7.55. The summed E-state index contributed by atoms with van der Waals surface area (Å²) in [6.07, 6.45) is 1.11. The van der Waals surface area contributed by atoms with Gasteiger partial charge in [-0.15, -0.1) is 0 Å². The fourth-order valence-electron chi connectivity index (χ4n) is 3.93. The zero-order valence-electron chi connectivity index (χ0n) is 17.1. The summed E-state index contributed by atoms with van der Waals surface area (Å²) in [5.74, 6) is 1.40. The van der Waals surface area contributed by atoms with E-state index in [2.05, 4.69) is 20.2 Å². The fourth-order valence-corrected chi connectivity index (χ4v) is 3.93. The highest BCUT2D eigenvalue weighted by Crippen LogP contribution is 2.23. The van der Waals surface area contributed by atoms with Gasteiger partial charge in [-0.2, -0.15) is 0 Å². The summed E-state index contributed by atoms with van der Waals surface area (Å²) in [4.78, 5) is 28.9. The minimum absolute atomic E-state index is 0.00455. The van der Waals surface area contributed by atoms with Crippen molar-refractivity contribution in [1.29, 1.82) is 0 Å². The second kappa shape index (κ2) is 8.65. The lowest BCUT2D eigenvalue weighted by molar-refractivity contribution is -0.118. The number of nitrogens with one attached hydrogen (secondary N) is 1. The summed E-state index contributed by atoms with van der Waals surface area (Å²) < 4.78 is 5.42. The monoisotopic (exact) mass is 413 g/mol. The predicted molar refractivity (Wildman–Crippen MR) is 120 cm³/mol. The molecule has 156 valence electrons. The van der Waals surface area contributed by atoms with E-state index in [1.54, 1.807) is 0 Å². The Labute approximate surface area is 180 Å². The Balaban J connectivity index is 1.48. The lowest BCUT2D eigenvalue weighted by Crippen LogP contribution is -2.37. The van der Waals surface area contributed by atoms with E-state index in [9.17, 15) is 4.79 Å². The number of ketones is 1. The predicted octanol–water partition coefficient (Wildman–Crippen LogP) is 2.71. The number of aromatic nitrogens is 2. The molecule has 1 fully saturated rings. The van der Waals surface area contributed by atoms with Gasteiger partial charge >= 0.3 is 0 Å². The molecule has 2 aromatic carbocycles. The van der Waals surface area contributed by atoms with Crippen molar-refractivity contribution in [2.75, 3.05) is 36.5 Å². The smallest absolute Gasteiger partial charge is 0.181 e. The van der Waals surface area contributed by atoms with Crippen LogP contribution >= 0.6 is 0 Å². The Morgan fingerprint density at radius 1 is 0.968 bits per heavy atom. The van der Waals surface area contributed by atoms with E-state index in [1.165, 1.54) is 6.33 Å². The van der Waals surface area contributed by atoms with Crippen LogP contribution in [0.4, 0.5) is 11.6 Å². The van der Waals surface area contributed by atoms with Gasteiger partial charge in [-0.05, 0) is 5.56 Å². The number of nitrogens with zero attached hydrogens (tertiary/aromatic N) is 4. The van der Waals surface area contributed by atoms with Crippen LogP contribution in [0.3, 0.4) is 0 Å². The number of rotatable bonds is 4. The van der Waals surface area contributed by atoms with Crippen LogP contribution in [-0.2, 0) is 16.0 Å². The Morgan fingerprint density at radius 3 is 2.58 bits per heavy atom. The van der Waals surface area contributed by atoms with Gasteiger partial charge in [0.2, 0.25) is 0 Å². The normalized spacial score (nSPS) is 18.7. The molecule has 1 atom stereocenters. The second-order valence-electron chi connectivity index (χ2n) is 7.55.